The number of fused-ring (bicyclic) bond motifs is 3. The van der Waals surface area contributed by atoms with Crippen LogP contribution >= 0.6 is 0 Å². The summed E-state index contributed by atoms with van der Waals surface area (Å²) >= 11 is 0. The Kier molecular flexibility index (Phi) is 6.62. The van der Waals surface area contributed by atoms with Crippen molar-refractivity contribution in [3.8, 4) is 0 Å². The summed E-state index contributed by atoms with van der Waals surface area (Å²) < 4.78 is 18.4. The number of carbonyl (C=O) groups is 2. The molecular formula is C24H33FN2O4. The molecule has 0 radical (unpaired) electrons. The molecule has 170 valence electrons. The predicted molar refractivity (Wildman–Crippen MR) is 118 cm³/mol. The summed E-state index contributed by atoms with van der Waals surface area (Å²) in [6.45, 7) is 5.63. The van der Waals surface area contributed by atoms with E-state index in [0.29, 0.717) is 11.9 Å². The van der Waals surface area contributed by atoms with Gasteiger partial charge in [-0.15, -0.1) is 0 Å². The molecule has 0 saturated heterocycles. The standard InChI is InChI=1S/C24H33FN2O4/c1-22(2,3)31-21(30)27-16-17(14-25)15-26-19-6-4-18(5-7-19)23-8-11-24(12-9-23,13-10-23)20(28)29/h4-7,14,26H,8-13,15-16H2,1-3H3,(H,27,30)(H,28,29). The SMILES string of the molecule is CC(C)(C)OC(=O)NCC(=CF)CNc1ccc(C23CCC(C(=O)O)(CC2)CC3)cc1. The number of halogens is 1. The van der Waals surface area contributed by atoms with E-state index in [1.807, 2.05) is 12.1 Å². The van der Waals surface area contributed by atoms with Crippen molar-refractivity contribution >= 4 is 17.7 Å². The molecule has 0 spiro atoms. The summed E-state index contributed by atoms with van der Waals surface area (Å²) in [6.07, 6.45) is 4.90. The summed E-state index contributed by atoms with van der Waals surface area (Å²) in [4.78, 5) is 23.4. The van der Waals surface area contributed by atoms with Crippen LogP contribution in [0.5, 0.6) is 0 Å². The van der Waals surface area contributed by atoms with Gasteiger partial charge in [-0.1, -0.05) is 12.1 Å². The Morgan fingerprint density at radius 3 is 2.13 bits per heavy atom. The van der Waals surface area contributed by atoms with Gasteiger partial charge in [0.15, 0.2) is 0 Å². The first-order valence-electron chi connectivity index (χ1n) is 10.9. The Balaban J connectivity index is 1.52. The molecule has 3 N–H and O–H groups in total. The molecule has 0 atom stereocenters. The fourth-order valence-electron chi connectivity index (χ4n) is 4.74. The topological polar surface area (TPSA) is 87.7 Å². The lowest BCUT2D eigenvalue weighted by Gasteiger charge is -2.51. The van der Waals surface area contributed by atoms with E-state index >= 15 is 0 Å². The van der Waals surface area contributed by atoms with Crippen LogP contribution < -0.4 is 10.6 Å². The molecule has 1 aromatic rings. The van der Waals surface area contributed by atoms with Crippen LogP contribution in [-0.2, 0) is 14.9 Å². The lowest BCUT2D eigenvalue weighted by molar-refractivity contribution is -0.156. The minimum Gasteiger partial charge on any atom is -0.481 e. The third-order valence-corrected chi connectivity index (χ3v) is 6.73. The van der Waals surface area contributed by atoms with Gasteiger partial charge in [-0.25, -0.2) is 9.18 Å². The highest BCUT2D eigenvalue weighted by Crippen LogP contribution is 2.57. The molecule has 3 aliphatic rings. The van der Waals surface area contributed by atoms with Crippen LogP contribution in [0, 0.1) is 5.41 Å². The molecule has 0 unspecified atom stereocenters. The number of anilines is 1. The minimum atomic E-state index is -0.641. The molecule has 6 nitrogen and oxygen atoms in total. The zero-order valence-corrected chi connectivity index (χ0v) is 18.6. The van der Waals surface area contributed by atoms with Crippen molar-refractivity contribution in [3.63, 3.8) is 0 Å². The van der Waals surface area contributed by atoms with Crippen LogP contribution in [0.25, 0.3) is 0 Å². The number of carboxylic acid groups (broad SMARTS) is 1. The van der Waals surface area contributed by atoms with Crippen molar-refractivity contribution in [1.82, 2.24) is 5.32 Å². The van der Waals surface area contributed by atoms with Crippen molar-refractivity contribution < 1.29 is 23.8 Å². The molecule has 0 aromatic heterocycles. The van der Waals surface area contributed by atoms with Gasteiger partial charge in [0.2, 0.25) is 0 Å². The van der Waals surface area contributed by atoms with Gasteiger partial charge in [-0.2, -0.15) is 0 Å². The monoisotopic (exact) mass is 432 g/mol. The minimum absolute atomic E-state index is 0.0605. The van der Waals surface area contributed by atoms with Crippen LogP contribution in [0.3, 0.4) is 0 Å². The number of hydrogen-bond donors (Lipinski definition) is 3. The second-order valence-electron chi connectivity index (χ2n) is 9.92. The summed E-state index contributed by atoms with van der Waals surface area (Å²) in [7, 11) is 0. The zero-order valence-electron chi connectivity index (χ0n) is 18.6. The van der Waals surface area contributed by atoms with E-state index in [4.69, 9.17) is 4.74 Å². The van der Waals surface area contributed by atoms with Crippen LogP contribution in [0.2, 0.25) is 0 Å². The summed E-state index contributed by atoms with van der Waals surface area (Å²) in [5, 5.41) is 15.3. The van der Waals surface area contributed by atoms with Crippen molar-refractivity contribution in [1.29, 1.82) is 0 Å². The summed E-state index contributed by atoms with van der Waals surface area (Å²) in [5.74, 6) is -0.641. The highest BCUT2D eigenvalue weighted by atomic mass is 19.1. The zero-order chi connectivity index (χ0) is 22.7. The molecule has 2 bridgehead atoms. The van der Waals surface area contributed by atoms with Crippen LogP contribution in [0.1, 0.15) is 64.9 Å². The van der Waals surface area contributed by atoms with E-state index in [2.05, 4.69) is 22.8 Å². The summed E-state index contributed by atoms with van der Waals surface area (Å²) in [5.41, 5.74) is 1.49. The maximum atomic E-state index is 13.2. The van der Waals surface area contributed by atoms with Crippen molar-refractivity contribution in [2.75, 3.05) is 18.4 Å². The number of benzene rings is 1. The van der Waals surface area contributed by atoms with Crippen LogP contribution in [0.4, 0.5) is 14.9 Å². The molecule has 4 rings (SSSR count). The first kappa shape index (κ1) is 23.1. The van der Waals surface area contributed by atoms with Crippen LogP contribution in [0.15, 0.2) is 36.2 Å². The lowest BCUT2D eigenvalue weighted by atomic mass is 9.52. The molecule has 1 aromatic carbocycles. The van der Waals surface area contributed by atoms with Gasteiger partial charge in [-0.3, -0.25) is 4.79 Å². The molecule has 3 aliphatic carbocycles. The van der Waals surface area contributed by atoms with Gasteiger partial charge in [0.1, 0.15) is 5.60 Å². The van der Waals surface area contributed by atoms with Gasteiger partial charge in [0, 0.05) is 18.8 Å². The number of ether oxygens (including phenoxy) is 1. The van der Waals surface area contributed by atoms with E-state index in [-0.39, 0.29) is 18.5 Å². The predicted octanol–water partition coefficient (Wildman–Crippen LogP) is 5.15. The fraction of sp³-hybridized carbons (Fsp3) is 0.583. The van der Waals surface area contributed by atoms with Crippen molar-refractivity contribution in [3.05, 3.63) is 41.7 Å². The number of amides is 1. The smallest absolute Gasteiger partial charge is 0.407 e. The number of rotatable bonds is 7. The maximum Gasteiger partial charge on any atom is 0.407 e. The Hall–Kier alpha value is -2.57. The second-order valence-corrected chi connectivity index (χ2v) is 9.92. The quantitative estimate of drug-likeness (QED) is 0.554. The third-order valence-electron chi connectivity index (χ3n) is 6.73. The lowest BCUT2D eigenvalue weighted by Crippen LogP contribution is -2.47. The largest absolute Gasteiger partial charge is 0.481 e. The first-order chi connectivity index (χ1) is 14.6. The number of aliphatic carboxylic acids is 1. The number of carboxylic acids is 1. The van der Waals surface area contributed by atoms with E-state index in [9.17, 15) is 19.1 Å². The van der Waals surface area contributed by atoms with E-state index in [0.717, 1.165) is 44.2 Å². The molecule has 31 heavy (non-hydrogen) atoms. The number of carbonyl (C=O) groups excluding carboxylic acids is 1. The van der Waals surface area contributed by atoms with Crippen molar-refractivity contribution in [2.45, 2.75) is 70.3 Å². The second kappa shape index (κ2) is 8.89. The van der Waals surface area contributed by atoms with E-state index < -0.39 is 23.1 Å². The molecule has 0 heterocycles. The molecule has 3 saturated carbocycles. The average Bonchev–Trinajstić information content (AvgIpc) is 2.74. The van der Waals surface area contributed by atoms with Gasteiger partial charge >= 0.3 is 12.1 Å². The third kappa shape index (κ3) is 5.38. The average molecular weight is 433 g/mol. The van der Waals surface area contributed by atoms with Crippen LogP contribution in [-0.4, -0.2) is 35.9 Å². The molecular weight excluding hydrogens is 399 g/mol. The Morgan fingerprint density at radius 2 is 1.65 bits per heavy atom. The summed E-state index contributed by atoms with van der Waals surface area (Å²) in [6, 6.07) is 8.15. The highest BCUT2D eigenvalue weighted by Gasteiger charge is 2.53. The van der Waals surface area contributed by atoms with E-state index in [1.54, 1.807) is 20.8 Å². The number of alkyl carbamates (subject to hydrolysis) is 1. The maximum absolute atomic E-state index is 13.2. The van der Waals surface area contributed by atoms with Gasteiger partial charge in [-0.05, 0) is 88.0 Å². The van der Waals surface area contributed by atoms with Gasteiger partial charge < -0.3 is 20.5 Å². The normalized spacial score (nSPS) is 25.7. The molecule has 7 heteroatoms. The van der Waals surface area contributed by atoms with Crippen molar-refractivity contribution in [2.24, 2.45) is 5.41 Å². The van der Waals surface area contributed by atoms with E-state index in [1.165, 1.54) is 5.56 Å². The Morgan fingerprint density at radius 1 is 1.06 bits per heavy atom. The first-order valence-corrected chi connectivity index (χ1v) is 10.9. The number of hydrogen-bond acceptors (Lipinski definition) is 4. The molecule has 1 amide bonds. The van der Waals surface area contributed by atoms with Gasteiger partial charge in [0.25, 0.3) is 0 Å². The molecule has 3 fully saturated rings. The Bertz CT molecular complexity index is 818. The molecule has 0 aliphatic heterocycles. The highest BCUT2D eigenvalue weighted by molar-refractivity contribution is 5.75. The number of nitrogens with one attached hydrogen (secondary N) is 2. The fourth-order valence-corrected chi connectivity index (χ4v) is 4.74. The van der Waals surface area contributed by atoms with Gasteiger partial charge in [0.05, 0.1) is 11.7 Å². The Labute approximate surface area is 183 Å².